The highest BCUT2D eigenvalue weighted by Crippen LogP contribution is 2.46. The van der Waals surface area contributed by atoms with E-state index >= 15 is 0 Å². The summed E-state index contributed by atoms with van der Waals surface area (Å²) in [7, 11) is 0. The van der Waals surface area contributed by atoms with Crippen LogP contribution in [0, 0.1) is 23.7 Å². The van der Waals surface area contributed by atoms with E-state index in [-0.39, 0.29) is 6.29 Å². The van der Waals surface area contributed by atoms with Crippen molar-refractivity contribution in [1.82, 2.24) is 0 Å². The second-order valence-corrected chi connectivity index (χ2v) is 32.4. The van der Waals surface area contributed by atoms with Crippen molar-refractivity contribution < 1.29 is 24.5 Å². The Morgan fingerprint density at radius 3 is 0.872 bits per heavy atom. The lowest BCUT2D eigenvalue weighted by Gasteiger charge is -2.31. The fourth-order valence-electron chi connectivity index (χ4n) is 16.3. The number of carbonyl (C=O) groups is 1. The third kappa shape index (κ3) is 61.2. The Kier molecular flexibility index (Phi) is 68.6. The zero-order valence-corrected chi connectivity index (χ0v) is 64.8. The maximum absolute atomic E-state index is 12.0. The molecule has 0 amide bonds. The van der Waals surface area contributed by atoms with Gasteiger partial charge in [-0.3, -0.25) is 4.79 Å². The van der Waals surface area contributed by atoms with E-state index in [0.717, 1.165) is 50.5 Å². The molecule has 2 aliphatic rings. The van der Waals surface area contributed by atoms with Crippen molar-refractivity contribution in [1.29, 1.82) is 0 Å². The first-order valence-corrected chi connectivity index (χ1v) is 44.6. The van der Waals surface area contributed by atoms with Gasteiger partial charge in [-0.15, -0.1) is 0 Å². The molecule has 94 heavy (non-hydrogen) atoms. The van der Waals surface area contributed by atoms with Crippen molar-refractivity contribution in [2.45, 2.75) is 534 Å². The van der Waals surface area contributed by atoms with E-state index in [0.29, 0.717) is 24.9 Å². The third-order valence-corrected chi connectivity index (χ3v) is 23.2. The van der Waals surface area contributed by atoms with Crippen LogP contribution in [0.15, 0.2) is 0 Å². The number of carboxylic acid groups (broad SMARTS) is 1. The molecule has 0 aromatic rings. The molecule has 560 valence electrons. The molecule has 1 heterocycles. The van der Waals surface area contributed by atoms with E-state index in [2.05, 4.69) is 20.8 Å². The van der Waals surface area contributed by atoms with Gasteiger partial charge in [0.05, 0.1) is 18.1 Å². The Morgan fingerprint density at radius 2 is 0.596 bits per heavy atom. The highest BCUT2D eigenvalue weighted by molar-refractivity contribution is 5.70. The molecule has 5 nitrogen and oxygen atoms in total. The van der Waals surface area contributed by atoms with Crippen molar-refractivity contribution in [2.24, 2.45) is 23.7 Å². The van der Waals surface area contributed by atoms with Crippen LogP contribution >= 0.6 is 0 Å². The molecule has 1 aliphatic carbocycles. The maximum Gasteiger partial charge on any atom is 0.309 e. The molecule has 0 bridgehead atoms. The number of rotatable bonds is 80. The molecule has 0 aromatic carbocycles. The molecule has 5 heteroatoms. The standard InChI is InChI=1S/C89H174O5/c1-4-6-8-10-12-14-16-18-20-22-23-24-25-26-27-32-38-44-50-56-62-68-76-85(89(91)92)86(90)77-69-63-57-51-45-39-34-37-43-49-55-61-67-75-84-81-83(84)74-66-60-54-48-42-36-31-28-29-33-40-46-52-58-64-70-78-87(94-88-79-71-72-80-93-88)82(3)73-65-59-53-47-41-35-30-21-19-17-15-13-11-9-7-5-2/h82-88,90H,4-81H2,1-3H3,(H,91,92)/t82-,83+,84+,85?,86+,87-,88-/m0/s1. The Bertz CT molecular complexity index is 1460. The van der Waals surface area contributed by atoms with Crippen LogP contribution in [-0.4, -0.2) is 41.3 Å². The molecule has 2 N–H and O–H groups in total. The van der Waals surface area contributed by atoms with Gasteiger partial charge in [-0.05, 0) is 69.1 Å². The van der Waals surface area contributed by atoms with Gasteiger partial charge in [-0.1, -0.05) is 464 Å². The first-order valence-electron chi connectivity index (χ1n) is 44.6. The average Bonchev–Trinajstić information content (AvgIpc) is 1.82. The number of hydrogen-bond donors (Lipinski definition) is 2. The smallest absolute Gasteiger partial charge is 0.309 e. The van der Waals surface area contributed by atoms with E-state index in [1.54, 1.807) is 6.42 Å². The lowest BCUT2D eigenvalue weighted by molar-refractivity contribution is -0.199. The fraction of sp³-hybridized carbons (Fsp3) is 0.989. The highest BCUT2D eigenvalue weighted by atomic mass is 16.7. The summed E-state index contributed by atoms with van der Waals surface area (Å²) in [5.74, 6) is 1.42. The van der Waals surface area contributed by atoms with Gasteiger partial charge < -0.3 is 19.7 Å². The normalized spacial score (nSPS) is 17.1. The molecule has 7 atom stereocenters. The molecule has 0 spiro atoms. The number of aliphatic carboxylic acids is 1. The van der Waals surface area contributed by atoms with Gasteiger partial charge in [-0.25, -0.2) is 0 Å². The lowest BCUT2D eigenvalue weighted by Crippen LogP contribution is -2.31. The minimum Gasteiger partial charge on any atom is -0.481 e. The molecule has 1 unspecified atom stereocenters. The van der Waals surface area contributed by atoms with Crippen LogP contribution < -0.4 is 0 Å². The minimum absolute atomic E-state index is 0.0504. The summed E-state index contributed by atoms with van der Waals surface area (Å²) in [6.07, 6.45) is 105. The molecular weight excluding hydrogens is 1150 g/mol. The SMILES string of the molecule is CCCCCCCCCCCCCCCCCCCCCCCCC(C(=O)O)[C@H](O)CCCCCCCCCCCCCCC[C@@H]1C[C@H]1CCCCCCCCCCCCCCCCCC[C@H](O[C@H]1CCCCO1)[C@@H](C)CCCCCCCCCCCCCCCCCC. The number of hydrogen-bond acceptors (Lipinski definition) is 4. The summed E-state index contributed by atoms with van der Waals surface area (Å²) in [5.41, 5.74) is 0. The predicted octanol–water partition coefficient (Wildman–Crippen LogP) is 30.7. The molecular formula is C89H174O5. The molecule has 0 radical (unpaired) electrons. The summed E-state index contributed by atoms with van der Waals surface area (Å²) in [5, 5.41) is 20.6. The molecule has 2 rings (SSSR count). The first-order chi connectivity index (χ1) is 46.5. The maximum atomic E-state index is 12.0. The van der Waals surface area contributed by atoms with E-state index < -0.39 is 18.0 Å². The van der Waals surface area contributed by atoms with Crippen LogP contribution in [0.5, 0.6) is 0 Å². The fourth-order valence-corrected chi connectivity index (χ4v) is 16.3. The molecule has 1 saturated heterocycles. The van der Waals surface area contributed by atoms with Gasteiger partial charge in [0, 0.05) is 6.61 Å². The van der Waals surface area contributed by atoms with Crippen molar-refractivity contribution in [2.75, 3.05) is 6.61 Å². The van der Waals surface area contributed by atoms with Crippen molar-refractivity contribution in [3.63, 3.8) is 0 Å². The lowest BCUT2D eigenvalue weighted by atomic mass is 9.91. The van der Waals surface area contributed by atoms with E-state index in [9.17, 15) is 15.0 Å². The first kappa shape index (κ1) is 89.4. The summed E-state index contributed by atoms with van der Waals surface area (Å²) in [4.78, 5) is 12.0. The summed E-state index contributed by atoms with van der Waals surface area (Å²) >= 11 is 0. The van der Waals surface area contributed by atoms with Gasteiger partial charge in [0.1, 0.15) is 0 Å². The molecule has 2 fully saturated rings. The van der Waals surface area contributed by atoms with E-state index in [4.69, 9.17) is 9.47 Å². The van der Waals surface area contributed by atoms with Crippen molar-refractivity contribution >= 4 is 5.97 Å². The molecule has 1 aliphatic heterocycles. The Labute approximate surface area is 591 Å². The van der Waals surface area contributed by atoms with Crippen molar-refractivity contribution in [3.05, 3.63) is 0 Å². The average molecular weight is 1320 g/mol. The quantitative estimate of drug-likeness (QED) is 0.0594. The third-order valence-electron chi connectivity index (χ3n) is 23.2. The number of carboxylic acids is 1. The van der Waals surface area contributed by atoms with Crippen LogP contribution in [0.2, 0.25) is 0 Å². The summed E-state index contributed by atoms with van der Waals surface area (Å²) in [6, 6.07) is 0. The van der Waals surface area contributed by atoms with Crippen LogP contribution in [0.4, 0.5) is 0 Å². The van der Waals surface area contributed by atoms with Gasteiger partial charge >= 0.3 is 5.97 Å². The number of ether oxygens (including phenoxy) is 2. The van der Waals surface area contributed by atoms with Crippen LogP contribution in [0.25, 0.3) is 0 Å². The second-order valence-electron chi connectivity index (χ2n) is 32.4. The zero-order valence-electron chi connectivity index (χ0n) is 64.8. The zero-order chi connectivity index (χ0) is 67.2. The second kappa shape index (κ2) is 72.1. The van der Waals surface area contributed by atoms with Crippen molar-refractivity contribution in [3.8, 4) is 0 Å². The van der Waals surface area contributed by atoms with E-state index in [1.165, 1.54) is 443 Å². The predicted molar refractivity (Wildman–Crippen MR) is 415 cm³/mol. The number of aliphatic hydroxyl groups is 1. The Morgan fingerprint density at radius 1 is 0.340 bits per heavy atom. The largest absolute Gasteiger partial charge is 0.481 e. The Hall–Kier alpha value is -0.650. The topological polar surface area (TPSA) is 76.0 Å². The Balaban J connectivity index is 1.26. The molecule has 1 saturated carbocycles. The minimum atomic E-state index is -0.798. The van der Waals surface area contributed by atoms with Gasteiger partial charge in [0.25, 0.3) is 0 Å². The van der Waals surface area contributed by atoms with Crippen LogP contribution in [-0.2, 0) is 14.3 Å². The molecule has 0 aromatic heterocycles. The van der Waals surface area contributed by atoms with Crippen LogP contribution in [0.3, 0.4) is 0 Å². The monoisotopic (exact) mass is 1320 g/mol. The van der Waals surface area contributed by atoms with Gasteiger partial charge in [-0.2, -0.15) is 0 Å². The van der Waals surface area contributed by atoms with Crippen LogP contribution in [0.1, 0.15) is 515 Å². The summed E-state index contributed by atoms with van der Waals surface area (Å²) in [6.45, 7) is 7.97. The number of aliphatic hydroxyl groups excluding tert-OH is 1. The summed E-state index contributed by atoms with van der Waals surface area (Å²) < 4.78 is 12.8. The highest BCUT2D eigenvalue weighted by Gasteiger charge is 2.35. The van der Waals surface area contributed by atoms with Gasteiger partial charge in [0.15, 0.2) is 6.29 Å². The van der Waals surface area contributed by atoms with Gasteiger partial charge in [0.2, 0.25) is 0 Å². The van der Waals surface area contributed by atoms with E-state index in [1.807, 2.05) is 0 Å². The number of unbranched alkanes of at least 4 members (excludes halogenated alkanes) is 63.